The summed E-state index contributed by atoms with van der Waals surface area (Å²) >= 11 is 0. The summed E-state index contributed by atoms with van der Waals surface area (Å²) in [5, 5.41) is 17.1. The molecular formula is C4H8NO2U-. The summed E-state index contributed by atoms with van der Waals surface area (Å²) < 4.78 is 0. The first-order valence-electron chi connectivity index (χ1n) is 2.28. The minimum atomic E-state index is -1.51. The van der Waals surface area contributed by atoms with Crippen LogP contribution in [0.25, 0.3) is 5.73 Å². The average Bonchev–Trinajstić information content (AvgIpc) is 1.63. The number of hydrogen-bond donors (Lipinski definition) is 2. The van der Waals surface area contributed by atoms with Crippen LogP contribution in [0.5, 0.6) is 0 Å². The number of nitrogens with one attached hydrogen (secondary N) is 1. The number of aliphatic hydroxyl groups is 2. The fraction of sp³-hybridized carbons (Fsp3) is 1.00. The molecule has 0 aromatic carbocycles. The van der Waals surface area contributed by atoms with Gasteiger partial charge in [0.15, 0.2) is 0 Å². The van der Waals surface area contributed by atoms with E-state index in [-0.39, 0.29) is 31.1 Å². The van der Waals surface area contributed by atoms with Crippen molar-refractivity contribution in [3.05, 3.63) is 5.73 Å². The molecule has 0 aliphatic heterocycles. The predicted octanol–water partition coefficient (Wildman–Crippen LogP) is -0.118. The van der Waals surface area contributed by atoms with Crippen LogP contribution < -0.4 is 0 Å². The zero-order valence-electron chi connectivity index (χ0n) is 4.39. The fourth-order valence-corrected chi connectivity index (χ4v) is 0.547. The summed E-state index contributed by atoms with van der Waals surface area (Å²) in [5.74, 6) is 0. The molecule has 0 bridgehead atoms. The van der Waals surface area contributed by atoms with Gasteiger partial charge in [-0.25, -0.2) is 0 Å². The standard InChI is InChI=1S/C4H8NO2.U/c5-4(7)2-1-3(4)6;/h3,5-7H,1-2H2;/q-1;. The molecule has 0 heterocycles. The van der Waals surface area contributed by atoms with Gasteiger partial charge < -0.3 is 15.9 Å². The van der Waals surface area contributed by atoms with Crippen molar-refractivity contribution < 1.29 is 41.3 Å². The van der Waals surface area contributed by atoms with E-state index in [2.05, 4.69) is 0 Å². The van der Waals surface area contributed by atoms with Crippen LogP contribution in [0.3, 0.4) is 0 Å². The molecule has 0 aromatic rings. The molecule has 2 unspecified atom stereocenters. The van der Waals surface area contributed by atoms with Gasteiger partial charge in [-0.15, -0.1) is 0 Å². The number of rotatable bonds is 0. The van der Waals surface area contributed by atoms with Gasteiger partial charge in [0.25, 0.3) is 0 Å². The molecule has 4 heteroatoms. The number of aliphatic hydroxyl groups excluding tert-OH is 1. The molecule has 2 atom stereocenters. The van der Waals surface area contributed by atoms with Crippen LogP contribution in [-0.2, 0) is 0 Å². The summed E-state index contributed by atoms with van der Waals surface area (Å²) in [6, 6.07) is 0. The van der Waals surface area contributed by atoms with E-state index in [0.29, 0.717) is 12.8 Å². The van der Waals surface area contributed by atoms with Crippen LogP contribution in [0.2, 0.25) is 0 Å². The Hall–Kier alpha value is 0.932. The van der Waals surface area contributed by atoms with Gasteiger partial charge in [-0.1, -0.05) is 0 Å². The molecule has 46 valence electrons. The van der Waals surface area contributed by atoms with E-state index in [4.69, 9.17) is 15.9 Å². The van der Waals surface area contributed by atoms with Crippen LogP contribution in [0.15, 0.2) is 0 Å². The van der Waals surface area contributed by atoms with E-state index in [9.17, 15) is 0 Å². The zero-order valence-corrected chi connectivity index (χ0v) is 8.55. The smallest absolute Gasteiger partial charge is 0.0636 e. The van der Waals surface area contributed by atoms with Crippen LogP contribution >= 0.6 is 0 Å². The Kier molecular flexibility index (Phi) is 2.99. The largest absolute Gasteiger partial charge is 0.647 e. The minimum absolute atomic E-state index is 0. The van der Waals surface area contributed by atoms with Gasteiger partial charge in [0, 0.05) is 36.8 Å². The maximum absolute atomic E-state index is 8.60. The molecule has 0 saturated heterocycles. The summed E-state index contributed by atoms with van der Waals surface area (Å²) in [7, 11) is 0. The van der Waals surface area contributed by atoms with E-state index < -0.39 is 11.8 Å². The molecule has 1 saturated carbocycles. The van der Waals surface area contributed by atoms with Gasteiger partial charge in [-0.3, -0.25) is 0 Å². The van der Waals surface area contributed by atoms with Gasteiger partial charge >= 0.3 is 0 Å². The second-order valence-electron chi connectivity index (χ2n) is 1.98. The Bertz CT molecular complexity index is 86.1. The first kappa shape index (κ1) is 8.93. The Morgan fingerprint density at radius 3 is 2.00 bits per heavy atom. The van der Waals surface area contributed by atoms with E-state index in [1.807, 2.05) is 0 Å². The quantitative estimate of drug-likeness (QED) is 0.646. The van der Waals surface area contributed by atoms with Crippen molar-refractivity contribution in [2.24, 2.45) is 0 Å². The minimum Gasteiger partial charge on any atom is -0.647 e. The second-order valence-corrected chi connectivity index (χ2v) is 1.98. The Morgan fingerprint density at radius 1 is 1.62 bits per heavy atom. The maximum Gasteiger partial charge on any atom is 0.0636 e. The van der Waals surface area contributed by atoms with Gasteiger partial charge in [0.1, 0.15) is 0 Å². The van der Waals surface area contributed by atoms with Crippen molar-refractivity contribution in [3.63, 3.8) is 0 Å². The van der Waals surface area contributed by atoms with Gasteiger partial charge in [0.05, 0.1) is 6.10 Å². The molecule has 1 rings (SSSR count). The van der Waals surface area contributed by atoms with Crippen molar-refractivity contribution in [2.75, 3.05) is 0 Å². The molecule has 0 spiro atoms. The predicted molar refractivity (Wildman–Crippen MR) is 24.5 cm³/mol. The van der Waals surface area contributed by atoms with Crippen molar-refractivity contribution in [1.29, 1.82) is 0 Å². The van der Waals surface area contributed by atoms with Crippen molar-refractivity contribution in [1.82, 2.24) is 0 Å². The SMILES string of the molecule is [NH-]C1(O)CCC1O.[U]. The summed E-state index contributed by atoms with van der Waals surface area (Å²) in [6.45, 7) is 0. The van der Waals surface area contributed by atoms with Gasteiger partial charge in [-0.2, -0.15) is 0 Å². The maximum atomic E-state index is 8.60. The third-order valence-electron chi connectivity index (χ3n) is 1.35. The number of hydrogen-bond acceptors (Lipinski definition) is 2. The first-order valence-corrected chi connectivity index (χ1v) is 2.28. The normalized spacial score (nSPS) is 44.6. The molecular weight excluding hydrogens is 332 g/mol. The molecule has 8 heavy (non-hydrogen) atoms. The Balaban J connectivity index is 0.000000490. The van der Waals surface area contributed by atoms with Crippen molar-refractivity contribution in [3.8, 4) is 0 Å². The zero-order chi connectivity index (χ0) is 5.49. The van der Waals surface area contributed by atoms with Crippen LogP contribution in [0, 0.1) is 31.1 Å². The topological polar surface area (TPSA) is 64.3 Å². The van der Waals surface area contributed by atoms with E-state index in [1.54, 1.807) is 0 Å². The fourth-order valence-electron chi connectivity index (χ4n) is 0.547. The molecule has 1 fully saturated rings. The van der Waals surface area contributed by atoms with Gasteiger partial charge in [-0.05, 0) is 12.8 Å². The molecule has 1 aliphatic carbocycles. The Labute approximate surface area is 71.6 Å². The van der Waals surface area contributed by atoms with Crippen molar-refractivity contribution in [2.45, 2.75) is 24.7 Å². The third kappa shape index (κ3) is 1.46. The summed E-state index contributed by atoms with van der Waals surface area (Å²) in [6.07, 6.45) is 0.182. The van der Waals surface area contributed by atoms with Crippen LogP contribution in [0.1, 0.15) is 12.8 Å². The van der Waals surface area contributed by atoms with Crippen LogP contribution in [0.4, 0.5) is 0 Å². The van der Waals surface area contributed by atoms with Crippen LogP contribution in [-0.4, -0.2) is 22.0 Å². The second kappa shape index (κ2) is 2.68. The van der Waals surface area contributed by atoms with E-state index in [1.165, 1.54) is 0 Å². The molecule has 1 aliphatic rings. The monoisotopic (exact) mass is 340 g/mol. The third-order valence-corrected chi connectivity index (χ3v) is 1.35. The summed E-state index contributed by atoms with van der Waals surface area (Å²) in [4.78, 5) is 0. The molecule has 3 nitrogen and oxygen atoms in total. The van der Waals surface area contributed by atoms with Crippen molar-refractivity contribution >= 4 is 0 Å². The summed E-state index contributed by atoms with van der Waals surface area (Å²) in [5.41, 5.74) is 5.27. The Morgan fingerprint density at radius 2 is 2.00 bits per heavy atom. The molecule has 0 aromatic heterocycles. The molecule has 3 N–H and O–H groups in total. The molecule has 0 amide bonds. The average molecular weight is 340 g/mol. The van der Waals surface area contributed by atoms with Gasteiger partial charge in [0.2, 0.25) is 0 Å². The first-order chi connectivity index (χ1) is 3.13. The van der Waals surface area contributed by atoms with E-state index >= 15 is 0 Å². The molecule has 0 radical (unpaired) electrons. The van der Waals surface area contributed by atoms with E-state index in [0.717, 1.165) is 0 Å².